The Bertz CT molecular complexity index is 418. The Kier molecular flexibility index (Phi) is 3.57. The second kappa shape index (κ2) is 4.98. The molecule has 1 aliphatic rings. The molecule has 3 N–H and O–H groups in total. The predicted octanol–water partition coefficient (Wildman–Crippen LogP) is 2.26. The molecule has 0 amide bonds. The number of phenolic OH excluding ortho intramolecular Hbond substituents is 1. The van der Waals surface area contributed by atoms with Crippen LogP contribution >= 0.6 is 0 Å². The van der Waals surface area contributed by atoms with Crippen LogP contribution in [0.1, 0.15) is 43.6 Å². The zero-order chi connectivity index (χ0) is 13.2. The van der Waals surface area contributed by atoms with Gasteiger partial charge >= 0.3 is 5.97 Å². The number of hydrogen-bond acceptors (Lipinski definition) is 3. The maximum Gasteiger partial charge on any atom is 0.313 e. The van der Waals surface area contributed by atoms with Crippen LogP contribution < -0.4 is 0 Å². The van der Waals surface area contributed by atoms with E-state index >= 15 is 0 Å². The first-order valence-corrected chi connectivity index (χ1v) is 6.27. The zero-order valence-electron chi connectivity index (χ0n) is 10.2. The van der Waals surface area contributed by atoms with Crippen LogP contribution in [0.25, 0.3) is 0 Å². The highest BCUT2D eigenvalue weighted by Crippen LogP contribution is 2.40. The molecule has 4 nitrogen and oxygen atoms in total. The molecule has 0 heterocycles. The quantitative estimate of drug-likeness (QED) is 0.769. The van der Waals surface area contributed by atoms with Crippen molar-refractivity contribution in [3.63, 3.8) is 0 Å². The van der Waals surface area contributed by atoms with Gasteiger partial charge in [0.25, 0.3) is 0 Å². The summed E-state index contributed by atoms with van der Waals surface area (Å²) in [6.45, 7) is 0. The van der Waals surface area contributed by atoms with Gasteiger partial charge in [-0.1, -0.05) is 31.4 Å². The van der Waals surface area contributed by atoms with Gasteiger partial charge < -0.3 is 15.3 Å². The standard InChI is InChI=1S/C14H18O4/c15-11-6-4-10(5-7-11)12(13(16)17)14(18)8-2-1-3-9-14/h4-7,12,15,18H,1-3,8-9H2,(H,16,17)/t12-/m1/s1. The van der Waals surface area contributed by atoms with Crippen molar-refractivity contribution in [1.29, 1.82) is 0 Å². The molecular weight excluding hydrogens is 232 g/mol. The van der Waals surface area contributed by atoms with E-state index in [1.807, 2.05) is 0 Å². The maximum absolute atomic E-state index is 11.5. The van der Waals surface area contributed by atoms with Gasteiger partial charge in [-0.3, -0.25) is 4.79 Å². The van der Waals surface area contributed by atoms with E-state index in [0.29, 0.717) is 18.4 Å². The molecule has 0 aromatic heterocycles. The SMILES string of the molecule is O=C(O)[C@@H](c1ccc(O)cc1)C1(O)CCCCC1. The second-order valence-corrected chi connectivity index (χ2v) is 5.03. The van der Waals surface area contributed by atoms with Gasteiger partial charge in [-0.2, -0.15) is 0 Å². The number of aliphatic hydroxyl groups is 1. The number of carboxylic acids is 1. The first-order chi connectivity index (χ1) is 8.53. The topological polar surface area (TPSA) is 77.8 Å². The minimum absolute atomic E-state index is 0.0959. The Hall–Kier alpha value is -1.55. The predicted molar refractivity (Wildman–Crippen MR) is 66.5 cm³/mol. The third-order valence-corrected chi connectivity index (χ3v) is 3.73. The number of benzene rings is 1. The molecule has 0 radical (unpaired) electrons. The normalized spacial score (nSPS) is 20.3. The van der Waals surface area contributed by atoms with Gasteiger partial charge in [0.05, 0.1) is 5.60 Å². The lowest BCUT2D eigenvalue weighted by molar-refractivity contribution is -0.147. The Balaban J connectivity index is 2.33. The van der Waals surface area contributed by atoms with Crippen molar-refractivity contribution >= 4 is 5.97 Å². The van der Waals surface area contributed by atoms with Crippen molar-refractivity contribution in [3.8, 4) is 5.75 Å². The van der Waals surface area contributed by atoms with Crippen molar-refractivity contribution in [1.82, 2.24) is 0 Å². The monoisotopic (exact) mass is 250 g/mol. The summed E-state index contributed by atoms with van der Waals surface area (Å²) >= 11 is 0. The Morgan fingerprint density at radius 3 is 2.17 bits per heavy atom. The van der Waals surface area contributed by atoms with Crippen LogP contribution in [0.4, 0.5) is 0 Å². The minimum atomic E-state index is -1.17. The fourth-order valence-electron chi connectivity index (χ4n) is 2.80. The fourth-order valence-corrected chi connectivity index (χ4v) is 2.80. The van der Waals surface area contributed by atoms with Crippen LogP contribution in [0, 0.1) is 0 Å². The van der Waals surface area contributed by atoms with Gasteiger partial charge in [0.15, 0.2) is 0 Å². The van der Waals surface area contributed by atoms with Gasteiger partial charge in [0.2, 0.25) is 0 Å². The van der Waals surface area contributed by atoms with Crippen molar-refractivity contribution in [3.05, 3.63) is 29.8 Å². The van der Waals surface area contributed by atoms with Crippen molar-refractivity contribution in [2.75, 3.05) is 0 Å². The van der Waals surface area contributed by atoms with E-state index in [-0.39, 0.29) is 5.75 Å². The first kappa shape index (κ1) is 12.9. The third kappa shape index (κ3) is 2.48. The number of aliphatic carboxylic acids is 1. The average molecular weight is 250 g/mol. The third-order valence-electron chi connectivity index (χ3n) is 3.73. The van der Waals surface area contributed by atoms with Crippen LogP contribution in [-0.4, -0.2) is 26.9 Å². The molecule has 0 bridgehead atoms. The van der Waals surface area contributed by atoms with Crippen LogP contribution in [-0.2, 0) is 4.79 Å². The van der Waals surface area contributed by atoms with Gasteiger partial charge in [-0.25, -0.2) is 0 Å². The van der Waals surface area contributed by atoms with E-state index in [4.69, 9.17) is 0 Å². The summed E-state index contributed by atoms with van der Waals surface area (Å²) < 4.78 is 0. The van der Waals surface area contributed by atoms with E-state index in [2.05, 4.69) is 0 Å². The van der Waals surface area contributed by atoms with E-state index in [1.165, 1.54) is 12.1 Å². The molecular formula is C14H18O4. The number of carboxylic acid groups (broad SMARTS) is 1. The molecule has 1 saturated carbocycles. The second-order valence-electron chi connectivity index (χ2n) is 5.03. The van der Waals surface area contributed by atoms with Crippen molar-refractivity contribution < 1.29 is 20.1 Å². The van der Waals surface area contributed by atoms with Gasteiger partial charge in [-0.05, 0) is 30.5 Å². The highest BCUT2D eigenvalue weighted by atomic mass is 16.4. The van der Waals surface area contributed by atoms with Gasteiger partial charge in [0.1, 0.15) is 11.7 Å². The number of carbonyl (C=O) groups is 1. The molecule has 0 spiro atoms. The fraction of sp³-hybridized carbons (Fsp3) is 0.500. The number of aromatic hydroxyl groups is 1. The highest BCUT2D eigenvalue weighted by Gasteiger charge is 2.43. The summed E-state index contributed by atoms with van der Waals surface area (Å²) in [5.41, 5.74) is -0.620. The number of hydrogen-bond donors (Lipinski definition) is 3. The molecule has 98 valence electrons. The van der Waals surface area contributed by atoms with Crippen LogP contribution in [0.2, 0.25) is 0 Å². The summed E-state index contributed by atoms with van der Waals surface area (Å²) in [6, 6.07) is 6.05. The lowest BCUT2D eigenvalue weighted by Gasteiger charge is -2.37. The summed E-state index contributed by atoms with van der Waals surface area (Å²) in [5, 5.41) is 29.2. The summed E-state index contributed by atoms with van der Waals surface area (Å²) in [5.74, 6) is -1.83. The van der Waals surface area contributed by atoms with Crippen LogP contribution in [0.5, 0.6) is 5.75 Å². The summed E-state index contributed by atoms with van der Waals surface area (Å²) in [7, 11) is 0. The zero-order valence-corrected chi connectivity index (χ0v) is 10.2. The molecule has 1 aromatic rings. The van der Waals surface area contributed by atoms with Crippen LogP contribution in [0.3, 0.4) is 0 Å². The molecule has 0 unspecified atom stereocenters. The molecule has 2 rings (SSSR count). The van der Waals surface area contributed by atoms with Gasteiger partial charge in [-0.15, -0.1) is 0 Å². The van der Waals surface area contributed by atoms with Crippen molar-refractivity contribution in [2.45, 2.75) is 43.6 Å². The van der Waals surface area contributed by atoms with Gasteiger partial charge in [0, 0.05) is 0 Å². The Morgan fingerprint density at radius 1 is 1.11 bits per heavy atom. The average Bonchev–Trinajstić information content (AvgIpc) is 2.32. The summed E-state index contributed by atoms with van der Waals surface area (Å²) in [6.07, 6.45) is 3.80. The lowest BCUT2D eigenvalue weighted by Crippen LogP contribution is -2.42. The summed E-state index contributed by atoms with van der Waals surface area (Å²) in [4.78, 5) is 11.5. The van der Waals surface area contributed by atoms with E-state index in [9.17, 15) is 20.1 Å². The smallest absolute Gasteiger partial charge is 0.313 e. The molecule has 0 saturated heterocycles. The molecule has 1 atom stereocenters. The molecule has 1 aromatic carbocycles. The van der Waals surface area contributed by atoms with Crippen molar-refractivity contribution in [2.24, 2.45) is 0 Å². The maximum atomic E-state index is 11.5. The molecule has 1 aliphatic carbocycles. The highest BCUT2D eigenvalue weighted by molar-refractivity contribution is 5.78. The van der Waals surface area contributed by atoms with Crippen LogP contribution in [0.15, 0.2) is 24.3 Å². The molecule has 18 heavy (non-hydrogen) atoms. The lowest BCUT2D eigenvalue weighted by atomic mass is 9.73. The number of rotatable bonds is 3. The molecule has 0 aliphatic heterocycles. The van der Waals surface area contributed by atoms with E-state index < -0.39 is 17.5 Å². The van der Waals surface area contributed by atoms with E-state index in [0.717, 1.165) is 19.3 Å². The first-order valence-electron chi connectivity index (χ1n) is 6.27. The minimum Gasteiger partial charge on any atom is -0.508 e. The largest absolute Gasteiger partial charge is 0.508 e. The Labute approximate surface area is 106 Å². The van der Waals surface area contributed by atoms with E-state index in [1.54, 1.807) is 12.1 Å². The number of phenols is 1. The Morgan fingerprint density at radius 2 is 1.67 bits per heavy atom. The molecule has 1 fully saturated rings. The molecule has 4 heteroatoms.